The maximum absolute atomic E-state index is 11.2. The van der Waals surface area contributed by atoms with Gasteiger partial charge >= 0.3 is 5.97 Å². The lowest BCUT2D eigenvalue weighted by molar-refractivity contribution is -0.144. The molecule has 0 amide bonds. The van der Waals surface area contributed by atoms with Crippen molar-refractivity contribution < 1.29 is 14.3 Å². The highest BCUT2D eigenvalue weighted by Crippen LogP contribution is 2.17. The fourth-order valence-corrected chi connectivity index (χ4v) is 1.98. The van der Waals surface area contributed by atoms with Gasteiger partial charge < -0.3 is 14.4 Å². The van der Waals surface area contributed by atoms with Gasteiger partial charge in [-0.3, -0.25) is 4.79 Å². The number of aromatic nitrogens is 1. The number of anilines is 1. The van der Waals surface area contributed by atoms with E-state index >= 15 is 0 Å². The number of nitriles is 1. The van der Waals surface area contributed by atoms with Crippen LogP contribution in [0.3, 0.4) is 0 Å². The van der Waals surface area contributed by atoms with Gasteiger partial charge in [-0.25, -0.2) is 4.98 Å². The van der Waals surface area contributed by atoms with Gasteiger partial charge in [-0.05, 0) is 12.1 Å². The molecule has 6 heteroatoms. The zero-order valence-electron chi connectivity index (χ0n) is 10.7. The number of morpholine rings is 1. The van der Waals surface area contributed by atoms with Crippen LogP contribution in [0.5, 0.6) is 0 Å². The third-order valence-corrected chi connectivity index (χ3v) is 2.93. The van der Waals surface area contributed by atoms with Crippen molar-refractivity contribution in [2.24, 2.45) is 0 Å². The minimum Gasteiger partial charge on any atom is -0.469 e. The molecule has 1 aromatic heterocycles. The van der Waals surface area contributed by atoms with Crippen LogP contribution in [-0.4, -0.2) is 43.9 Å². The smallest absolute Gasteiger partial charge is 0.308 e. The van der Waals surface area contributed by atoms with Gasteiger partial charge in [0, 0.05) is 13.1 Å². The SMILES string of the molecule is COC(=O)CC1CN(c2cccc(C#N)n2)CCO1. The Morgan fingerprint density at radius 2 is 2.53 bits per heavy atom. The summed E-state index contributed by atoms with van der Waals surface area (Å²) >= 11 is 0. The Balaban J connectivity index is 2.04. The van der Waals surface area contributed by atoms with Gasteiger partial charge in [0.15, 0.2) is 0 Å². The van der Waals surface area contributed by atoms with E-state index in [4.69, 9.17) is 10.00 Å². The van der Waals surface area contributed by atoms with Crippen LogP contribution >= 0.6 is 0 Å². The Hall–Kier alpha value is -2.13. The highest BCUT2D eigenvalue weighted by Gasteiger charge is 2.24. The normalized spacial score (nSPS) is 18.7. The van der Waals surface area contributed by atoms with Gasteiger partial charge in [0.25, 0.3) is 0 Å². The monoisotopic (exact) mass is 261 g/mol. The molecule has 1 aromatic rings. The maximum atomic E-state index is 11.2. The van der Waals surface area contributed by atoms with E-state index in [1.807, 2.05) is 17.0 Å². The standard InChI is InChI=1S/C13H15N3O3/c1-18-13(17)7-11-9-16(5-6-19-11)12-4-2-3-10(8-14)15-12/h2-4,11H,5-7,9H2,1H3. The molecular formula is C13H15N3O3. The van der Waals surface area contributed by atoms with Gasteiger partial charge in [0.1, 0.15) is 17.6 Å². The van der Waals surface area contributed by atoms with Crippen molar-refractivity contribution in [3.8, 4) is 6.07 Å². The molecule has 1 unspecified atom stereocenters. The second kappa shape index (κ2) is 6.16. The van der Waals surface area contributed by atoms with Gasteiger partial charge in [-0.15, -0.1) is 0 Å². The van der Waals surface area contributed by atoms with E-state index in [1.165, 1.54) is 7.11 Å². The second-order valence-electron chi connectivity index (χ2n) is 4.21. The van der Waals surface area contributed by atoms with Crippen LogP contribution in [0.4, 0.5) is 5.82 Å². The van der Waals surface area contributed by atoms with Crippen molar-refractivity contribution in [3.05, 3.63) is 23.9 Å². The summed E-state index contributed by atoms with van der Waals surface area (Å²) in [5.74, 6) is 0.447. The maximum Gasteiger partial charge on any atom is 0.308 e. The summed E-state index contributed by atoms with van der Waals surface area (Å²) in [6.45, 7) is 1.79. The van der Waals surface area contributed by atoms with Crippen LogP contribution in [0.25, 0.3) is 0 Å². The fraction of sp³-hybridized carbons (Fsp3) is 0.462. The van der Waals surface area contributed by atoms with Crippen LogP contribution < -0.4 is 4.90 Å². The summed E-state index contributed by atoms with van der Waals surface area (Å²) < 4.78 is 10.2. The molecule has 19 heavy (non-hydrogen) atoms. The van der Waals surface area contributed by atoms with Crippen molar-refractivity contribution in [2.45, 2.75) is 12.5 Å². The lowest BCUT2D eigenvalue weighted by Gasteiger charge is -2.33. The topological polar surface area (TPSA) is 75.5 Å². The molecule has 0 bridgehead atoms. The molecule has 0 N–H and O–H groups in total. The number of hydrogen-bond acceptors (Lipinski definition) is 6. The molecule has 1 atom stereocenters. The summed E-state index contributed by atoms with van der Waals surface area (Å²) in [7, 11) is 1.36. The third-order valence-electron chi connectivity index (χ3n) is 2.93. The molecule has 6 nitrogen and oxygen atoms in total. The number of nitrogens with zero attached hydrogens (tertiary/aromatic N) is 3. The number of carbonyl (C=O) groups excluding carboxylic acids is 1. The Labute approximate surface area is 111 Å². The van der Waals surface area contributed by atoms with E-state index in [2.05, 4.69) is 9.72 Å². The van der Waals surface area contributed by atoms with Crippen molar-refractivity contribution >= 4 is 11.8 Å². The van der Waals surface area contributed by atoms with E-state index in [9.17, 15) is 4.79 Å². The summed E-state index contributed by atoms with van der Waals surface area (Å²) in [4.78, 5) is 17.5. The van der Waals surface area contributed by atoms with Crippen LogP contribution in [0.15, 0.2) is 18.2 Å². The zero-order chi connectivity index (χ0) is 13.7. The van der Waals surface area contributed by atoms with E-state index in [0.29, 0.717) is 25.4 Å². The summed E-state index contributed by atoms with van der Waals surface area (Å²) in [5, 5.41) is 8.85. The van der Waals surface area contributed by atoms with Gasteiger partial charge in [-0.2, -0.15) is 5.26 Å². The lowest BCUT2D eigenvalue weighted by Crippen LogP contribution is -2.43. The average molecular weight is 261 g/mol. The van der Waals surface area contributed by atoms with Crippen LogP contribution in [-0.2, 0) is 14.3 Å². The fourth-order valence-electron chi connectivity index (χ4n) is 1.98. The number of carbonyl (C=O) groups is 1. The number of hydrogen-bond donors (Lipinski definition) is 0. The minimum absolute atomic E-state index is 0.200. The molecule has 0 radical (unpaired) electrons. The molecule has 1 aliphatic rings. The van der Waals surface area contributed by atoms with Crippen LogP contribution in [0.1, 0.15) is 12.1 Å². The van der Waals surface area contributed by atoms with E-state index < -0.39 is 0 Å². The molecule has 0 saturated carbocycles. The van der Waals surface area contributed by atoms with E-state index in [-0.39, 0.29) is 18.5 Å². The Bertz CT molecular complexity index is 498. The molecule has 0 spiro atoms. The first-order valence-corrected chi connectivity index (χ1v) is 6.03. The first-order chi connectivity index (χ1) is 9.22. The highest BCUT2D eigenvalue weighted by molar-refractivity contribution is 5.69. The van der Waals surface area contributed by atoms with Gasteiger partial charge in [-0.1, -0.05) is 6.07 Å². The quantitative estimate of drug-likeness (QED) is 0.746. The predicted molar refractivity (Wildman–Crippen MR) is 67.5 cm³/mol. The van der Waals surface area contributed by atoms with Gasteiger partial charge in [0.05, 0.1) is 26.2 Å². The molecule has 100 valence electrons. The van der Waals surface area contributed by atoms with Crippen molar-refractivity contribution in [3.63, 3.8) is 0 Å². The van der Waals surface area contributed by atoms with Gasteiger partial charge in [0.2, 0.25) is 0 Å². The van der Waals surface area contributed by atoms with Crippen LogP contribution in [0, 0.1) is 11.3 Å². The number of methoxy groups -OCH3 is 1. The van der Waals surface area contributed by atoms with Crippen molar-refractivity contribution in [1.29, 1.82) is 5.26 Å². The number of ether oxygens (including phenoxy) is 2. The molecule has 1 fully saturated rings. The zero-order valence-corrected chi connectivity index (χ0v) is 10.7. The molecular weight excluding hydrogens is 246 g/mol. The number of esters is 1. The molecule has 0 aliphatic carbocycles. The van der Waals surface area contributed by atoms with E-state index in [1.54, 1.807) is 12.1 Å². The highest BCUT2D eigenvalue weighted by atomic mass is 16.5. The summed E-state index contributed by atoms with van der Waals surface area (Å²) in [6, 6.07) is 7.32. The predicted octanol–water partition coefficient (Wildman–Crippen LogP) is 0.722. The van der Waals surface area contributed by atoms with Crippen molar-refractivity contribution in [1.82, 2.24) is 4.98 Å². The second-order valence-corrected chi connectivity index (χ2v) is 4.21. The molecule has 1 aliphatic heterocycles. The van der Waals surface area contributed by atoms with Crippen molar-refractivity contribution in [2.75, 3.05) is 31.7 Å². The molecule has 1 saturated heterocycles. The molecule has 2 rings (SSSR count). The average Bonchev–Trinajstić information content (AvgIpc) is 2.47. The van der Waals surface area contributed by atoms with E-state index in [0.717, 1.165) is 5.82 Å². The lowest BCUT2D eigenvalue weighted by atomic mass is 10.2. The first kappa shape index (κ1) is 13.3. The Morgan fingerprint density at radius 1 is 1.68 bits per heavy atom. The molecule has 0 aromatic carbocycles. The Kier molecular flexibility index (Phi) is 4.31. The third kappa shape index (κ3) is 3.42. The largest absolute Gasteiger partial charge is 0.469 e. The summed E-state index contributed by atoms with van der Waals surface area (Å²) in [6.07, 6.45) is 0.0269. The number of rotatable bonds is 3. The minimum atomic E-state index is -0.286. The summed E-state index contributed by atoms with van der Waals surface area (Å²) in [5.41, 5.74) is 0.383. The first-order valence-electron chi connectivity index (χ1n) is 6.03. The Morgan fingerprint density at radius 3 is 3.26 bits per heavy atom. The molecule has 2 heterocycles. The number of pyridine rings is 1. The van der Waals surface area contributed by atoms with Crippen LogP contribution in [0.2, 0.25) is 0 Å².